The normalized spacial score (nSPS) is 10.3. The molecule has 0 fully saturated rings. The number of hydrogen-bond donors (Lipinski definition) is 1. The first-order valence-electron chi connectivity index (χ1n) is 5.13. The van der Waals surface area contributed by atoms with Crippen molar-refractivity contribution in [2.75, 3.05) is 17.7 Å². The molecule has 0 aliphatic heterocycles. The predicted octanol–water partition coefficient (Wildman–Crippen LogP) is 3.94. The van der Waals surface area contributed by atoms with Gasteiger partial charge in [-0.15, -0.1) is 0 Å². The molecule has 0 bridgehead atoms. The van der Waals surface area contributed by atoms with Crippen molar-refractivity contribution >= 4 is 33.0 Å². The summed E-state index contributed by atoms with van der Waals surface area (Å²) in [5, 5.41) is 0. The number of anilines is 3. The first-order chi connectivity index (χ1) is 8.09. The van der Waals surface area contributed by atoms with Crippen molar-refractivity contribution in [3.8, 4) is 0 Å². The second kappa shape index (κ2) is 4.75. The standard InChI is InChI=1S/C13H12BrFN2/c1-17(10-5-2-4-9(14)8-10)12-7-3-6-11(15)13(12)16/h2-8H,16H2,1H3. The Labute approximate surface area is 108 Å². The number of nitrogens with two attached hydrogens (primary N) is 1. The highest BCUT2D eigenvalue weighted by Gasteiger charge is 2.10. The molecule has 2 aromatic carbocycles. The molecule has 0 heterocycles. The quantitative estimate of drug-likeness (QED) is 0.850. The minimum Gasteiger partial charge on any atom is -0.395 e. The summed E-state index contributed by atoms with van der Waals surface area (Å²) in [7, 11) is 1.85. The largest absolute Gasteiger partial charge is 0.395 e. The molecule has 4 heteroatoms. The van der Waals surface area contributed by atoms with E-state index in [1.807, 2.05) is 36.2 Å². The Morgan fingerprint density at radius 3 is 2.59 bits per heavy atom. The summed E-state index contributed by atoms with van der Waals surface area (Å²) in [5.41, 5.74) is 7.49. The third-order valence-electron chi connectivity index (χ3n) is 2.59. The fourth-order valence-corrected chi connectivity index (χ4v) is 2.03. The molecule has 2 aromatic rings. The second-order valence-corrected chi connectivity index (χ2v) is 4.63. The molecule has 0 radical (unpaired) electrons. The molecule has 0 unspecified atom stereocenters. The fraction of sp³-hybridized carbons (Fsp3) is 0.0769. The summed E-state index contributed by atoms with van der Waals surface area (Å²) in [5.74, 6) is -0.399. The van der Waals surface area contributed by atoms with Gasteiger partial charge >= 0.3 is 0 Å². The number of benzene rings is 2. The van der Waals surface area contributed by atoms with E-state index in [1.54, 1.807) is 12.1 Å². The van der Waals surface area contributed by atoms with E-state index >= 15 is 0 Å². The molecule has 2 nitrogen and oxygen atoms in total. The van der Waals surface area contributed by atoms with Gasteiger partial charge in [0.25, 0.3) is 0 Å². The van der Waals surface area contributed by atoms with Gasteiger partial charge in [-0.05, 0) is 30.3 Å². The molecule has 0 spiro atoms. The van der Waals surface area contributed by atoms with Crippen LogP contribution >= 0.6 is 15.9 Å². The van der Waals surface area contributed by atoms with Crippen LogP contribution in [0.5, 0.6) is 0 Å². The van der Waals surface area contributed by atoms with E-state index in [4.69, 9.17) is 5.73 Å². The van der Waals surface area contributed by atoms with Crippen molar-refractivity contribution in [1.29, 1.82) is 0 Å². The average Bonchev–Trinajstić information content (AvgIpc) is 2.32. The molecule has 0 aliphatic carbocycles. The van der Waals surface area contributed by atoms with E-state index in [0.717, 1.165) is 10.2 Å². The third-order valence-corrected chi connectivity index (χ3v) is 3.08. The summed E-state index contributed by atoms with van der Waals surface area (Å²) >= 11 is 3.40. The monoisotopic (exact) mass is 294 g/mol. The molecule has 2 N–H and O–H groups in total. The summed E-state index contributed by atoms with van der Waals surface area (Å²) in [6, 6.07) is 12.5. The molecule has 88 valence electrons. The van der Waals surface area contributed by atoms with E-state index in [9.17, 15) is 4.39 Å². The van der Waals surface area contributed by atoms with E-state index < -0.39 is 5.82 Å². The molecule has 2 rings (SSSR count). The summed E-state index contributed by atoms with van der Waals surface area (Å²) in [6.07, 6.45) is 0. The van der Waals surface area contributed by atoms with Crippen molar-refractivity contribution in [2.45, 2.75) is 0 Å². The maximum absolute atomic E-state index is 13.4. The van der Waals surface area contributed by atoms with Crippen molar-refractivity contribution < 1.29 is 4.39 Å². The minimum absolute atomic E-state index is 0.162. The summed E-state index contributed by atoms with van der Waals surface area (Å²) < 4.78 is 14.3. The van der Waals surface area contributed by atoms with Crippen LogP contribution in [0.2, 0.25) is 0 Å². The molecule has 0 amide bonds. The van der Waals surface area contributed by atoms with E-state index in [-0.39, 0.29) is 5.69 Å². The van der Waals surface area contributed by atoms with Crippen LogP contribution in [0.1, 0.15) is 0 Å². The minimum atomic E-state index is -0.399. The zero-order valence-electron chi connectivity index (χ0n) is 9.32. The van der Waals surface area contributed by atoms with Gasteiger partial charge in [-0.2, -0.15) is 0 Å². The highest BCUT2D eigenvalue weighted by Crippen LogP contribution is 2.31. The molecular formula is C13H12BrFN2. The highest BCUT2D eigenvalue weighted by molar-refractivity contribution is 9.10. The lowest BCUT2D eigenvalue weighted by Crippen LogP contribution is -2.12. The lowest BCUT2D eigenvalue weighted by Gasteiger charge is -2.21. The Hall–Kier alpha value is -1.55. The Bertz CT molecular complexity index is 543. The molecule has 0 aromatic heterocycles. The van der Waals surface area contributed by atoms with Gasteiger partial charge in [-0.3, -0.25) is 0 Å². The molecule has 0 atom stereocenters. The first kappa shape index (κ1) is 11.9. The molecular weight excluding hydrogens is 283 g/mol. The molecule has 0 saturated carbocycles. The highest BCUT2D eigenvalue weighted by atomic mass is 79.9. The Kier molecular flexibility index (Phi) is 3.33. The van der Waals surface area contributed by atoms with Crippen LogP contribution in [0.25, 0.3) is 0 Å². The zero-order chi connectivity index (χ0) is 12.4. The van der Waals surface area contributed by atoms with Crippen LogP contribution in [0.3, 0.4) is 0 Å². The summed E-state index contributed by atoms with van der Waals surface area (Å²) in [4.78, 5) is 1.85. The van der Waals surface area contributed by atoms with Gasteiger partial charge in [0, 0.05) is 17.2 Å². The number of hydrogen-bond acceptors (Lipinski definition) is 2. The van der Waals surface area contributed by atoms with Crippen LogP contribution in [0.15, 0.2) is 46.9 Å². The third kappa shape index (κ3) is 2.42. The van der Waals surface area contributed by atoms with E-state index in [1.165, 1.54) is 6.07 Å². The van der Waals surface area contributed by atoms with Gasteiger partial charge in [-0.1, -0.05) is 28.1 Å². The first-order valence-corrected chi connectivity index (χ1v) is 5.92. The predicted molar refractivity (Wildman–Crippen MR) is 73.0 cm³/mol. The number of halogens is 2. The smallest absolute Gasteiger partial charge is 0.148 e. The van der Waals surface area contributed by atoms with Gasteiger partial charge in [0.1, 0.15) is 5.82 Å². The fourth-order valence-electron chi connectivity index (χ4n) is 1.64. The van der Waals surface area contributed by atoms with Crippen molar-refractivity contribution in [3.63, 3.8) is 0 Å². The maximum atomic E-state index is 13.4. The van der Waals surface area contributed by atoms with Crippen LogP contribution in [-0.2, 0) is 0 Å². The van der Waals surface area contributed by atoms with Crippen LogP contribution in [0, 0.1) is 5.82 Å². The zero-order valence-corrected chi connectivity index (χ0v) is 10.9. The maximum Gasteiger partial charge on any atom is 0.148 e. The van der Waals surface area contributed by atoms with Gasteiger partial charge in [0.15, 0.2) is 0 Å². The van der Waals surface area contributed by atoms with Gasteiger partial charge in [0.05, 0.1) is 11.4 Å². The Morgan fingerprint density at radius 1 is 1.18 bits per heavy atom. The molecule has 0 aliphatic rings. The molecule has 17 heavy (non-hydrogen) atoms. The lowest BCUT2D eigenvalue weighted by molar-refractivity contribution is 0.632. The van der Waals surface area contributed by atoms with Crippen LogP contribution in [-0.4, -0.2) is 7.05 Å². The number of nitrogens with zero attached hydrogens (tertiary/aromatic N) is 1. The SMILES string of the molecule is CN(c1cccc(Br)c1)c1cccc(F)c1N. The molecule has 0 saturated heterocycles. The van der Waals surface area contributed by atoms with E-state index in [2.05, 4.69) is 15.9 Å². The topological polar surface area (TPSA) is 29.3 Å². The second-order valence-electron chi connectivity index (χ2n) is 3.71. The number of para-hydroxylation sites is 1. The van der Waals surface area contributed by atoms with Crippen LogP contribution in [0.4, 0.5) is 21.5 Å². The summed E-state index contributed by atoms with van der Waals surface area (Å²) in [6.45, 7) is 0. The Balaban J connectivity index is 2.44. The van der Waals surface area contributed by atoms with Crippen molar-refractivity contribution in [1.82, 2.24) is 0 Å². The van der Waals surface area contributed by atoms with Gasteiger partial charge in [-0.25, -0.2) is 4.39 Å². The average molecular weight is 295 g/mol. The van der Waals surface area contributed by atoms with Crippen molar-refractivity contribution in [3.05, 3.63) is 52.8 Å². The van der Waals surface area contributed by atoms with Gasteiger partial charge < -0.3 is 10.6 Å². The number of nitrogen functional groups attached to an aromatic ring is 1. The van der Waals surface area contributed by atoms with Gasteiger partial charge in [0.2, 0.25) is 0 Å². The number of rotatable bonds is 2. The van der Waals surface area contributed by atoms with Crippen molar-refractivity contribution in [2.24, 2.45) is 0 Å². The Morgan fingerprint density at radius 2 is 1.88 bits per heavy atom. The van der Waals surface area contributed by atoms with E-state index in [0.29, 0.717) is 5.69 Å². The van der Waals surface area contributed by atoms with Crippen LogP contribution < -0.4 is 10.6 Å². The lowest BCUT2D eigenvalue weighted by atomic mass is 10.2.